The van der Waals surface area contributed by atoms with Gasteiger partial charge in [-0.2, -0.15) is 5.26 Å². The van der Waals surface area contributed by atoms with Gasteiger partial charge in [0.2, 0.25) is 0 Å². The largest absolute Gasteiger partial charge is 0.291 e. The summed E-state index contributed by atoms with van der Waals surface area (Å²) in [6.45, 7) is 8.73. The first-order valence-corrected chi connectivity index (χ1v) is 11.5. The van der Waals surface area contributed by atoms with Gasteiger partial charge in [0.25, 0.3) is 0 Å². The Hall–Kier alpha value is -4.16. The van der Waals surface area contributed by atoms with Gasteiger partial charge in [-0.3, -0.25) is 4.40 Å². The van der Waals surface area contributed by atoms with Crippen LogP contribution in [-0.4, -0.2) is 9.38 Å². The predicted molar refractivity (Wildman–Crippen MR) is 142 cm³/mol. The van der Waals surface area contributed by atoms with E-state index in [9.17, 15) is 5.26 Å². The third kappa shape index (κ3) is 3.89. The molecule has 3 heteroatoms. The molecule has 3 nitrogen and oxygen atoms in total. The first-order valence-electron chi connectivity index (χ1n) is 11.5. The van der Waals surface area contributed by atoms with Crippen molar-refractivity contribution in [3.63, 3.8) is 0 Å². The lowest BCUT2D eigenvalue weighted by Crippen LogP contribution is -2.10. The maximum atomic E-state index is 10.1. The Morgan fingerprint density at radius 2 is 1.59 bits per heavy atom. The van der Waals surface area contributed by atoms with Crippen LogP contribution >= 0.6 is 0 Å². The van der Waals surface area contributed by atoms with Gasteiger partial charge in [0.15, 0.2) is 5.65 Å². The molecule has 0 amide bonds. The van der Waals surface area contributed by atoms with Crippen molar-refractivity contribution < 1.29 is 0 Å². The van der Waals surface area contributed by atoms with E-state index in [1.807, 2.05) is 24.3 Å². The summed E-state index contributed by atoms with van der Waals surface area (Å²) in [5.74, 6) is 0. The molecule has 2 heterocycles. The summed E-state index contributed by atoms with van der Waals surface area (Å²) in [5, 5.41) is 10.1. The highest BCUT2D eigenvalue weighted by Crippen LogP contribution is 2.31. The normalized spacial score (nSPS) is 12.0. The van der Waals surface area contributed by atoms with Crippen LogP contribution in [-0.2, 0) is 5.41 Å². The van der Waals surface area contributed by atoms with E-state index in [0.29, 0.717) is 11.2 Å². The van der Waals surface area contributed by atoms with E-state index < -0.39 is 0 Å². The third-order valence-electron chi connectivity index (χ3n) is 6.30. The van der Waals surface area contributed by atoms with Crippen molar-refractivity contribution >= 4 is 28.8 Å². The molecule has 0 unspecified atom stereocenters. The summed E-state index contributed by atoms with van der Waals surface area (Å²) < 4.78 is 2.11. The number of hydrogen-bond donors (Lipinski definition) is 0. The maximum Gasteiger partial charge on any atom is 0.157 e. The van der Waals surface area contributed by atoms with Gasteiger partial charge in [0.1, 0.15) is 11.6 Å². The third-order valence-corrected chi connectivity index (χ3v) is 6.30. The van der Waals surface area contributed by atoms with Gasteiger partial charge >= 0.3 is 0 Å². The molecule has 5 rings (SSSR count). The molecule has 0 radical (unpaired) electrons. The van der Waals surface area contributed by atoms with E-state index in [1.54, 1.807) is 0 Å². The lowest BCUT2D eigenvalue weighted by atomic mass is 9.86. The van der Waals surface area contributed by atoms with E-state index in [1.165, 1.54) is 11.1 Å². The van der Waals surface area contributed by atoms with Crippen LogP contribution in [0.4, 0.5) is 0 Å². The second-order valence-electron chi connectivity index (χ2n) is 9.80. The Labute approximate surface area is 200 Å². The number of rotatable bonds is 3. The molecular formula is C31H27N3. The monoisotopic (exact) mass is 441 g/mol. The van der Waals surface area contributed by atoms with E-state index in [0.717, 1.165) is 33.4 Å². The molecule has 0 aliphatic rings. The minimum absolute atomic E-state index is 0.118. The molecule has 166 valence electrons. The highest BCUT2D eigenvalue weighted by atomic mass is 15.0. The molecule has 0 saturated carbocycles. The zero-order chi connectivity index (χ0) is 23.9. The smallest absolute Gasteiger partial charge is 0.157 e. The Balaban J connectivity index is 1.70. The summed E-state index contributed by atoms with van der Waals surface area (Å²) in [7, 11) is 0. The minimum Gasteiger partial charge on any atom is -0.291 e. The highest BCUT2D eigenvalue weighted by molar-refractivity contribution is 5.89. The molecule has 2 aromatic heterocycles. The van der Waals surface area contributed by atoms with Crippen LogP contribution in [0, 0.1) is 18.3 Å². The molecule has 3 aromatic carbocycles. The van der Waals surface area contributed by atoms with Crippen LogP contribution < -0.4 is 0 Å². The number of para-hydroxylation sites is 2. The Kier molecular flexibility index (Phi) is 5.30. The van der Waals surface area contributed by atoms with Crippen molar-refractivity contribution in [3.05, 3.63) is 107 Å². The summed E-state index contributed by atoms with van der Waals surface area (Å²) in [4.78, 5) is 4.85. The number of imidazole rings is 1. The van der Waals surface area contributed by atoms with Crippen LogP contribution in [0.15, 0.2) is 78.9 Å². The van der Waals surface area contributed by atoms with Crippen LogP contribution in [0.1, 0.15) is 48.6 Å². The van der Waals surface area contributed by atoms with E-state index in [4.69, 9.17) is 4.98 Å². The molecule has 0 fully saturated rings. The zero-order valence-corrected chi connectivity index (χ0v) is 20.0. The van der Waals surface area contributed by atoms with E-state index >= 15 is 0 Å². The summed E-state index contributed by atoms with van der Waals surface area (Å²) in [6, 6.07) is 29.7. The number of nitriles is 1. The number of benzene rings is 3. The maximum absolute atomic E-state index is 10.1. The van der Waals surface area contributed by atoms with Crippen LogP contribution in [0.5, 0.6) is 0 Å². The first-order chi connectivity index (χ1) is 16.3. The van der Waals surface area contributed by atoms with Crippen LogP contribution in [0.2, 0.25) is 0 Å². The summed E-state index contributed by atoms with van der Waals surface area (Å²) >= 11 is 0. The number of fused-ring (bicyclic) bond motifs is 3. The summed E-state index contributed by atoms with van der Waals surface area (Å²) in [6.07, 6.45) is 4.10. The standard InChI is InChI=1S/C31H27N3/c1-21-9-14-23(15-10-21)29-19-24(16-11-22-12-17-25(18-13-22)31(2,3)4)26(20-32)30-33-27-7-5-6-8-28(27)34(29)30/h5-19H,1-4H3/b16-11+. The SMILES string of the molecule is Cc1ccc(-c2cc(/C=C/c3ccc(C(C)(C)C)cc3)c(C#N)c3nc4ccccc4n23)cc1. The molecule has 0 bridgehead atoms. The Bertz CT molecular complexity index is 1570. The lowest BCUT2D eigenvalue weighted by molar-refractivity contribution is 0.590. The van der Waals surface area contributed by atoms with Gasteiger partial charge in [-0.05, 0) is 52.8 Å². The van der Waals surface area contributed by atoms with Crippen molar-refractivity contribution in [2.45, 2.75) is 33.1 Å². The fourth-order valence-electron chi connectivity index (χ4n) is 4.31. The Morgan fingerprint density at radius 1 is 0.882 bits per heavy atom. The van der Waals surface area contributed by atoms with Crippen molar-refractivity contribution in [1.82, 2.24) is 9.38 Å². The van der Waals surface area contributed by atoms with Gasteiger partial charge in [-0.15, -0.1) is 0 Å². The minimum atomic E-state index is 0.118. The molecule has 0 saturated heterocycles. The quantitative estimate of drug-likeness (QED) is 0.286. The average Bonchev–Trinajstić information content (AvgIpc) is 3.22. The van der Waals surface area contributed by atoms with Crippen molar-refractivity contribution in [2.75, 3.05) is 0 Å². The van der Waals surface area contributed by atoms with Crippen molar-refractivity contribution in [3.8, 4) is 17.3 Å². The number of pyridine rings is 1. The first kappa shape index (κ1) is 21.7. The topological polar surface area (TPSA) is 41.1 Å². The van der Waals surface area contributed by atoms with E-state index in [2.05, 4.69) is 105 Å². The number of nitrogens with zero attached hydrogens (tertiary/aromatic N) is 3. The molecule has 0 N–H and O–H groups in total. The van der Waals surface area contributed by atoms with Gasteiger partial charge < -0.3 is 0 Å². The van der Waals surface area contributed by atoms with E-state index in [-0.39, 0.29) is 5.41 Å². The lowest BCUT2D eigenvalue weighted by Gasteiger charge is -2.18. The number of aromatic nitrogens is 2. The second kappa shape index (κ2) is 8.32. The molecular weight excluding hydrogens is 414 g/mol. The summed E-state index contributed by atoms with van der Waals surface area (Å²) in [5.41, 5.74) is 9.84. The molecule has 0 aliphatic heterocycles. The van der Waals surface area contributed by atoms with Gasteiger partial charge in [-0.25, -0.2) is 4.98 Å². The number of aryl methyl sites for hydroxylation is 1. The molecule has 0 atom stereocenters. The van der Waals surface area contributed by atoms with Crippen molar-refractivity contribution in [2.24, 2.45) is 0 Å². The fourth-order valence-corrected chi connectivity index (χ4v) is 4.31. The van der Waals surface area contributed by atoms with Crippen molar-refractivity contribution in [1.29, 1.82) is 5.26 Å². The highest BCUT2D eigenvalue weighted by Gasteiger charge is 2.17. The van der Waals surface area contributed by atoms with Crippen LogP contribution in [0.3, 0.4) is 0 Å². The average molecular weight is 442 g/mol. The molecule has 0 spiro atoms. The molecule has 0 aliphatic carbocycles. The van der Waals surface area contributed by atoms with Gasteiger partial charge in [0, 0.05) is 0 Å². The number of hydrogen-bond acceptors (Lipinski definition) is 2. The fraction of sp³-hybridized carbons (Fsp3) is 0.161. The van der Waals surface area contributed by atoms with Gasteiger partial charge in [0.05, 0.1) is 16.7 Å². The zero-order valence-electron chi connectivity index (χ0n) is 20.0. The second-order valence-corrected chi connectivity index (χ2v) is 9.80. The predicted octanol–water partition coefficient (Wildman–Crippen LogP) is 7.80. The Morgan fingerprint density at radius 3 is 2.26 bits per heavy atom. The van der Waals surface area contributed by atoms with Gasteiger partial charge in [-0.1, -0.05) is 99.2 Å². The van der Waals surface area contributed by atoms with Crippen LogP contribution in [0.25, 0.3) is 40.1 Å². The molecule has 34 heavy (non-hydrogen) atoms. The molecule has 5 aromatic rings.